The number of carbonyl (C=O) groups is 1. The summed E-state index contributed by atoms with van der Waals surface area (Å²) in [5.41, 5.74) is -0.376. The van der Waals surface area contributed by atoms with Gasteiger partial charge in [0.05, 0.1) is 5.69 Å². The Hall–Kier alpha value is -1.23. The summed E-state index contributed by atoms with van der Waals surface area (Å²) in [6.45, 7) is 0. The molecule has 88 valence electrons. The molecule has 0 aromatic heterocycles. The van der Waals surface area contributed by atoms with Gasteiger partial charge in [0.2, 0.25) is 5.91 Å². The van der Waals surface area contributed by atoms with Gasteiger partial charge in [-0.2, -0.15) is 0 Å². The van der Waals surface area contributed by atoms with E-state index >= 15 is 0 Å². The fourth-order valence-corrected chi connectivity index (χ4v) is 1.19. The summed E-state index contributed by atoms with van der Waals surface area (Å²) < 4.78 is 38.4. The van der Waals surface area contributed by atoms with Gasteiger partial charge in [0.15, 0.2) is 11.6 Å². The van der Waals surface area contributed by atoms with Crippen LogP contribution in [0.4, 0.5) is 18.9 Å². The van der Waals surface area contributed by atoms with Crippen molar-refractivity contribution in [3.8, 4) is 0 Å². The van der Waals surface area contributed by atoms with Gasteiger partial charge >= 0.3 is 0 Å². The first-order valence-corrected chi connectivity index (χ1v) is 5.08. The summed E-state index contributed by atoms with van der Waals surface area (Å²) in [6.07, 6.45) is 0.528. The maximum absolute atomic E-state index is 13.1. The van der Waals surface area contributed by atoms with Crippen molar-refractivity contribution in [3.63, 3.8) is 0 Å². The summed E-state index contributed by atoms with van der Waals surface area (Å²) in [5, 5.41) is 2.13. The molecule has 0 saturated heterocycles. The SMILES string of the molecule is O=C(CCCCl)Nc1cc(F)c(F)cc1F. The molecule has 0 aliphatic rings. The highest BCUT2D eigenvalue weighted by Crippen LogP contribution is 2.18. The zero-order valence-electron chi connectivity index (χ0n) is 8.20. The molecule has 1 amide bonds. The van der Waals surface area contributed by atoms with Crippen LogP contribution in [-0.2, 0) is 4.79 Å². The standard InChI is InChI=1S/C10H9ClF3NO/c11-3-1-2-10(16)15-9-5-7(13)6(12)4-8(9)14/h4-5H,1-3H2,(H,15,16). The summed E-state index contributed by atoms with van der Waals surface area (Å²) in [6, 6.07) is 0.982. The zero-order valence-corrected chi connectivity index (χ0v) is 8.95. The minimum Gasteiger partial charge on any atom is -0.324 e. The van der Waals surface area contributed by atoms with E-state index in [0.717, 1.165) is 0 Å². The van der Waals surface area contributed by atoms with Gasteiger partial charge in [0, 0.05) is 24.4 Å². The Morgan fingerprint density at radius 2 is 1.81 bits per heavy atom. The van der Waals surface area contributed by atoms with E-state index < -0.39 is 23.4 Å². The van der Waals surface area contributed by atoms with Crippen LogP contribution < -0.4 is 5.32 Å². The Kier molecular flexibility index (Phi) is 4.61. The molecule has 16 heavy (non-hydrogen) atoms. The van der Waals surface area contributed by atoms with Gasteiger partial charge in [-0.25, -0.2) is 13.2 Å². The first-order valence-electron chi connectivity index (χ1n) is 4.55. The highest BCUT2D eigenvalue weighted by molar-refractivity contribution is 6.18. The molecule has 0 bridgehead atoms. The fourth-order valence-electron chi connectivity index (χ4n) is 1.06. The van der Waals surface area contributed by atoms with Crippen LogP contribution in [0.3, 0.4) is 0 Å². The molecule has 1 aromatic carbocycles. The highest BCUT2D eigenvalue weighted by atomic mass is 35.5. The first kappa shape index (κ1) is 12.8. The predicted molar refractivity (Wildman–Crippen MR) is 54.9 cm³/mol. The van der Waals surface area contributed by atoms with E-state index in [2.05, 4.69) is 5.32 Å². The molecule has 0 aliphatic heterocycles. The van der Waals surface area contributed by atoms with Crippen LogP contribution in [0.1, 0.15) is 12.8 Å². The molecule has 1 aromatic rings. The molecule has 0 unspecified atom stereocenters. The molecular weight excluding hydrogens is 243 g/mol. The van der Waals surface area contributed by atoms with E-state index in [1.165, 1.54) is 0 Å². The Morgan fingerprint density at radius 1 is 1.19 bits per heavy atom. The maximum Gasteiger partial charge on any atom is 0.224 e. The zero-order chi connectivity index (χ0) is 12.1. The minimum atomic E-state index is -1.30. The van der Waals surface area contributed by atoms with Gasteiger partial charge in [-0.15, -0.1) is 11.6 Å². The third-order valence-corrected chi connectivity index (χ3v) is 2.09. The molecule has 0 aliphatic carbocycles. The van der Waals surface area contributed by atoms with E-state index in [1.54, 1.807) is 0 Å². The van der Waals surface area contributed by atoms with Crippen molar-refractivity contribution in [1.82, 2.24) is 0 Å². The first-order chi connectivity index (χ1) is 7.54. The quantitative estimate of drug-likeness (QED) is 0.647. The van der Waals surface area contributed by atoms with E-state index in [9.17, 15) is 18.0 Å². The van der Waals surface area contributed by atoms with Crippen LogP contribution in [0.2, 0.25) is 0 Å². The molecule has 0 radical (unpaired) electrons. The Labute approximate surface area is 95.4 Å². The van der Waals surface area contributed by atoms with Crippen LogP contribution in [0, 0.1) is 17.5 Å². The lowest BCUT2D eigenvalue weighted by Gasteiger charge is -2.06. The third-order valence-electron chi connectivity index (χ3n) is 1.82. The Bertz CT molecular complexity index is 398. The number of anilines is 1. The van der Waals surface area contributed by atoms with Crippen LogP contribution in [0.25, 0.3) is 0 Å². The molecule has 0 saturated carbocycles. The van der Waals surface area contributed by atoms with Gasteiger partial charge in [-0.05, 0) is 6.42 Å². The smallest absolute Gasteiger partial charge is 0.224 e. The van der Waals surface area contributed by atoms with Crippen molar-refractivity contribution < 1.29 is 18.0 Å². The summed E-state index contributed by atoms with van der Waals surface area (Å²) in [4.78, 5) is 11.2. The van der Waals surface area contributed by atoms with Gasteiger partial charge in [-0.1, -0.05) is 0 Å². The second-order valence-corrected chi connectivity index (χ2v) is 3.46. The molecule has 0 heterocycles. The maximum atomic E-state index is 13.1. The monoisotopic (exact) mass is 251 g/mol. The van der Waals surface area contributed by atoms with Crippen molar-refractivity contribution in [1.29, 1.82) is 0 Å². The number of rotatable bonds is 4. The topological polar surface area (TPSA) is 29.1 Å². The largest absolute Gasteiger partial charge is 0.324 e. The summed E-state index contributed by atoms with van der Waals surface area (Å²) in [5.74, 6) is -3.72. The number of nitrogens with one attached hydrogen (secondary N) is 1. The van der Waals surface area contributed by atoms with Gasteiger partial charge < -0.3 is 5.32 Å². The second-order valence-electron chi connectivity index (χ2n) is 3.09. The fraction of sp³-hybridized carbons (Fsp3) is 0.300. The van der Waals surface area contributed by atoms with Crippen molar-refractivity contribution >= 4 is 23.2 Å². The van der Waals surface area contributed by atoms with E-state index in [0.29, 0.717) is 24.4 Å². The van der Waals surface area contributed by atoms with Crippen molar-refractivity contribution in [3.05, 3.63) is 29.6 Å². The second kappa shape index (κ2) is 5.75. The number of benzene rings is 1. The number of alkyl halides is 1. The average Bonchev–Trinajstić information content (AvgIpc) is 2.23. The number of amides is 1. The van der Waals surface area contributed by atoms with Crippen molar-refractivity contribution in [2.45, 2.75) is 12.8 Å². The van der Waals surface area contributed by atoms with Crippen molar-refractivity contribution in [2.24, 2.45) is 0 Å². The van der Waals surface area contributed by atoms with Gasteiger partial charge in [0.25, 0.3) is 0 Å². The van der Waals surface area contributed by atoms with Crippen LogP contribution in [0.15, 0.2) is 12.1 Å². The lowest BCUT2D eigenvalue weighted by Crippen LogP contribution is -2.13. The van der Waals surface area contributed by atoms with Crippen molar-refractivity contribution in [2.75, 3.05) is 11.2 Å². The highest BCUT2D eigenvalue weighted by Gasteiger charge is 2.11. The van der Waals surface area contributed by atoms with E-state index in [1.807, 2.05) is 0 Å². The average molecular weight is 252 g/mol. The normalized spacial score (nSPS) is 10.2. The number of hydrogen-bond donors (Lipinski definition) is 1. The van der Waals surface area contributed by atoms with Gasteiger partial charge in [0.1, 0.15) is 5.82 Å². The number of hydrogen-bond acceptors (Lipinski definition) is 1. The number of carbonyl (C=O) groups excluding carboxylic acids is 1. The van der Waals surface area contributed by atoms with Crippen LogP contribution in [0.5, 0.6) is 0 Å². The van der Waals surface area contributed by atoms with Crippen LogP contribution >= 0.6 is 11.6 Å². The summed E-state index contributed by atoms with van der Waals surface area (Å²) in [7, 11) is 0. The predicted octanol–water partition coefficient (Wildman–Crippen LogP) is 3.06. The molecule has 0 spiro atoms. The van der Waals surface area contributed by atoms with Crippen LogP contribution in [-0.4, -0.2) is 11.8 Å². The molecule has 2 nitrogen and oxygen atoms in total. The minimum absolute atomic E-state index is 0.0991. The molecule has 1 N–H and O–H groups in total. The number of halogens is 4. The van der Waals surface area contributed by atoms with E-state index in [4.69, 9.17) is 11.6 Å². The molecule has 0 atom stereocenters. The molecule has 0 fully saturated rings. The lowest BCUT2D eigenvalue weighted by molar-refractivity contribution is -0.116. The molecule has 1 rings (SSSR count). The Balaban J connectivity index is 2.73. The third kappa shape index (κ3) is 3.41. The molecule has 6 heteroatoms. The molecular formula is C10H9ClF3NO. The Morgan fingerprint density at radius 3 is 2.44 bits per heavy atom. The van der Waals surface area contributed by atoms with Gasteiger partial charge in [-0.3, -0.25) is 4.79 Å². The lowest BCUT2D eigenvalue weighted by atomic mass is 10.2. The van der Waals surface area contributed by atoms with E-state index in [-0.39, 0.29) is 12.1 Å². The summed E-state index contributed by atoms with van der Waals surface area (Å²) >= 11 is 5.36.